The first kappa shape index (κ1) is 17.6. The number of methoxy groups -OCH3 is 1. The first-order valence-corrected chi connectivity index (χ1v) is 8.82. The number of likely N-dealkylation sites (tertiary alicyclic amines) is 1. The van der Waals surface area contributed by atoms with E-state index in [0.717, 1.165) is 6.42 Å². The Bertz CT molecular complexity index is 663. The number of piperidine rings is 1. The molecule has 6 heteroatoms. The van der Waals surface area contributed by atoms with Crippen molar-refractivity contribution in [2.75, 3.05) is 25.1 Å². The molecule has 2 fully saturated rings. The van der Waals surface area contributed by atoms with E-state index in [-0.39, 0.29) is 30.1 Å². The predicted molar refractivity (Wildman–Crippen MR) is 93.0 cm³/mol. The first-order chi connectivity index (χ1) is 12.0. The minimum atomic E-state index is -0.419. The molecule has 0 N–H and O–H groups in total. The summed E-state index contributed by atoms with van der Waals surface area (Å²) >= 11 is 0. The van der Waals surface area contributed by atoms with Crippen LogP contribution in [0.25, 0.3) is 0 Å². The fourth-order valence-electron chi connectivity index (χ4n) is 3.67. The lowest BCUT2D eigenvalue weighted by Crippen LogP contribution is -2.46. The van der Waals surface area contributed by atoms with Crippen molar-refractivity contribution >= 4 is 23.5 Å². The van der Waals surface area contributed by atoms with Crippen molar-refractivity contribution in [1.82, 2.24) is 4.90 Å². The molecule has 0 unspecified atom stereocenters. The van der Waals surface area contributed by atoms with Gasteiger partial charge in [-0.15, -0.1) is 0 Å². The zero-order valence-electron chi connectivity index (χ0n) is 14.7. The third-order valence-electron chi connectivity index (χ3n) is 5.23. The molecule has 2 aliphatic rings. The van der Waals surface area contributed by atoms with Gasteiger partial charge in [-0.1, -0.05) is 19.1 Å². The van der Waals surface area contributed by atoms with Crippen LogP contribution in [0.1, 0.15) is 31.7 Å². The highest BCUT2D eigenvalue weighted by molar-refractivity contribution is 6.22. The molecule has 6 nitrogen and oxygen atoms in total. The summed E-state index contributed by atoms with van der Waals surface area (Å²) in [5, 5.41) is 0. The normalized spacial score (nSPS) is 22.5. The highest BCUT2D eigenvalue weighted by Gasteiger charge is 2.43. The molecule has 1 aromatic carbocycles. The van der Waals surface area contributed by atoms with Crippen LogP contribution in [0.15, 0.2) is 24.3 Å². The topological polar surface area (TPSA) is 66.9 Å². The number of aryl methyl sites for hydroxylation is 1. The second-order valence-corrected chi connectivity index (χ2v) is 6.64. The Balaban J connectivity index is 1.68. The molecule has 2 saturated heterocycles. The Morgan fingerprint density at radius 3 is 2.36 bits per heavy atom. The number of imide groups is 1. The van der Waals surface area contributed by atoms with Gasteiger partial charge in [0.1, 0.15) is 0 Å². The SMILES string of the molecule is CCc1ccc(N2C(=O)C[C@H](N3CCC(C(=O)OC)CC3)C2=O)cc1. The lowest BCUT2D eigenvalue weighted by molar-refractivity contribution is -0.147. The Morgan fingerprint density at radius 1 is 1.16 bits per heavy atom. The molecule has 3 rings (SSSR count). The van der Waals surface area contributed by atoms with Gasteiger partial charge in [0.25, 0.3) is 5.91 Å². The zero-order chi connectivity index (χ0) is 18.0. The number of amides is 2. The van der Waals surface area contributed by atoms with Gasteiger partial charge in [0.05, 0.1) is 31.2 Å². The summed E-state index contributed by atoms with van der Waals surface area (Å²) < 4.78 is 4.80. The van der Waals surface area contributed by atoms with Crippen LogP contribution in [0.2, 0.25) is 0 Å². The maximum absolute atomic E-state index is 12.8. The first-order valence-electron chi connectivity index (χ1n) is 8.82. The van der Waals surface area contributed by atoms with Crippen molar-refractivity contribution in [3.63, 3.8) is 0 Å². The summed E-state index contributed by atoms with van der Waals surface area (Å²) in [7, 11) is 1.40. The number of anilines is 1. The van der Waals surface area contributed by atoms with Crippen molar-refractivity contribution in [3.05, 3.63) is 29.8 Å². The molecule has 0 aliphatic carbocycles. The number of esters is 1. The molecule has 1 atom stereocenters. The fourth-order valence-corrected chi connectivity index (χ4v) is 3.67. The van der Waals surface area contributed by atoms with E-state index in [1.54, 1.807) is 0 Å². The van der Waals surface area contributed by atoms with E-state index in [0.29, 0.717) is 31.6 Å². The van der Waals surface area contributed by atoms with Crippen LogP contribution in [0.5, 0.6) is 0 Å². The molecule has 0 aromatic heterocycles. The second kappa shape index (κ2) is 7.35. The number of nitrogens with zero attached hydrogens (tertiary/aromatic N) is 2. The molecule has 0 bridgehead atoms. The predicted octanol–water partition coefficient (Wildman–Crippen LogP) is 1.77. The number of ether oxygens (including phenoxy) is 1. The van der Waals surface area contributed by atoms with E-state index in [9.17, 15) is 14.4 Å². The quantitative estimate of drug-likeness (QED) is 0.615. The highest BCUT2D eigenvalue weighted by Crippen LogP contribution is 2.29. The third-order valence-corrected chi connectivity index (χ3v) is 5.23. The van der Waals surface area contributed by atoms with E-state index in [4.69, 9.17) is 4.74 Å². The van der Waals surface area contributed by atoms with E-state index < -0.39 is 6.04 Å². The number of rotatable bonds is 4. The Hall–Kier alpha value is -2.21. The smallest absolute Gasteiger partial charge is 0.308 e. The van der Waals surface area contributed by atoms with Gasteiger partial charge in [-0.3, -0.25) is 19.3 Å². The van der Waals surface area contributed by atoms with Crippen molar-refractivity contribution in [2.24, 2.45) is 5.92 Å². The van der Waals surface area contributed by atoms with Gasteiger partial charge < -0.3 is 4.74 Å². The van der Waals surface area contributed by atoms with Crippen LogP contribution < -0.4 is 4.90 Å². The van der Waals surface area contributed by atoms with Crippen LogP contribution in [-0.2, 0) is 25.5 Å². The molecule has 2 amide bonds. The number of hydrogen-bond acceptors (Lipinski definition) is 5. The maximum Gasteiger partial charge on any atom is 0.308 e. The fraction of sp³-hybridized carbons (Fsp3) is 0.526. The molecular formula is C19H24N2O4. The van der Waals surface area contributed by atoms with Crippen LogP contribution >= 0.6 is 0 Å². The lowest BCUT2D eigenvalue weighted by Gasteiger charge is -2.33. The Labute approximate surface area is 147 Å². The van der Waals surface area contributed by atoms with E-state index in [2.05, 4.69) is 6.92 Å². The van der Waals surface area contributed by atoms with Gasteiger partial charge in [0.2, 0.25) is 5.91 Å². The van der Waals surface area contributed by atoms with Crippen molar-refractivity contribution < 1.29 is 19.1 Å². The minimum Gasteiger partial charge on any atom is -0.469 e. The van der Waals surface area contributed by atoms with E-state index in [1.165, 1.54) is 17.6 Å². The maximum atomic E-state index is 12.8. The average molecular weight is 344 g/mol. The van der Waals surface area contributed by atoms with Crippen LogP contribution in [-0.4, -0.2) is 48.9 Å². The second-order valence-electron chi connectivity index (χ2n) is 6.64. The van der Waals surface area contributed by atoms with Crippen LogP contribution in [0.3, 0.4) is 0 Å². The highest BCUT2D eigenvalue weighted by atomic mass is 16.5. The van der Waals surface area contributed by atoms with Crippen LogP contribution in [0.4, 0.5) is 5.69 Å². The summed E-state index contributed by atoms with van der Waals surface area (Å²) in [6, 6.07) is 7.15. The van der Waals surface area contributed by atoms with E-state index in [1.807, 2.05) is 29.2 Å². The lowest BCUT2D eigenvalue weighted by atomic mass is 9.95. The van der Waals surface area contributed by atoms with E-state index >= 15 is 0 Å². The van der Waals surface area contributed by atoms with Gasteiger partial charge in [-0.05, 0) is 50.0 Å². The van der Waals surface area contributed by atoms with Crippen LogP contribution in [0, 0.1) is 5.92 Å². The zero-order valence-corrected chi connectivity index (χ0v) is 14.7. The Morgan fingerprint density at radius 2 is 1.80 bits per heavy atom. The Kier molecular flexibility index (Phi) is 5.18. The summed E-state index contributed by atoms with van der Waals surface area (Å²) in [6.07, 6.45) is 2.45. The van der Waals surface area contributed by atoms with Gasteiger partial charge in [0.15, 0.2) is 0 Å². The molecule has 134 valence electrons. The third kappa shape index (κ3) is 3.44. The van der Waals surface area contributed by atoms with Gasteiger partial charge in [0, 0.05) is 0 Å². The van der Waals surface area contributed by atoms with Crippen molar-refractivity contribution in [1.29, 1.82) is 0 Å². The summed E-state index contributed by atoms with van der Waals surface area (Å²) in [4.78, 5) is 40.2. The van der Waals surface area contributed by atoms with Crippen molar-refractivity contribution in [3.8, 4) is 0 Å². The number of benzene rings is 1. The summed E-state index contributed by atoms with van der Waals surface area (Å²) in [5.74, 6) is -0.614. The summed E-state index contributed by atoms with van der Waals surface area (Å²) in [5.41, 5.74) is 1.81. The van der Waals surface area contributed by atoms with Gasteiger partial charge >= 0.3 is 5.97 Å². The number of hydrogen-bond donors (Lipinski definition) is 0. The molecule has 1 aromatic rings. The number of carbonyl (C=O) groups excluding carboxylic acids is 3. The molecule has 2 heterocycles. The number of carbonyl (C=O) groups is 3. The average Bonchev–Trinajstić information content (AvgIpc) is 2.95. The van der Waals surface area contributed by atoms with Gasteiger partial charge in [-0.25, -0.2) is 4.90 Å². The van der Waals surface area contributed by atoms with Gasteiger partial charge in [-0.2, -0.15) is 0 Å². The molecular weight excluding hydrogens is 320 g/mol. The molecule has 0 radical (unpaired) electrons. The standard InChI is InChI=1S/C19H24N2O4/c1-3-13-4-6-15(7-5-13)21-17(22)12-16(18(21)23)20-10-8-14(9-11-20)19(24)25-2/h4-7,14,16H,3,8-12H2,1-2H3/t16-/m0/s1. The molecule has 2 aliphatic heterocycles. The minimum absolute atomic E-state index is 0.105. The van der Waals surface area contributed by atoms with Crippen molar-refractivity contribution in [2.45, 2.75) is 38.6 Å². The largest absolute Gasteiger partial charge is 0.469 e. The molecule has 0 spiro atoms. The monoisotopic (exact) mass is 344 g/mol. The molecule has 0 saturated carbocycles. The molecule has 25 heavy (non-hydrogen) atoms. The summed E-state index contributed by atoms with van der Waals surface area (Å²) in [6.45, 7) is 3.33.